The average Bonchev–Trinajstić information content (AvgIpc) is 2.97. The lowest BCUT2D eigenvalue weighted by molar-refractivity contribution is 0.0600. The van der Waals surface area contributed by atoms with Crippen LogP contribution in [0.2, 0.25) is 0 Å². The molecule has 1 heterocycles. The second kappa shape index (κ2) is 6.91. The molecule has 0 aliphatic rings. The first-order chi connectivity index (χ1) is 10.8. The molecule has 3 aromatic rings. The molecule has 0 radical (unpaired) electrons. The van der Waals surface area contributed by atoms with E-state index in [1.54, 1.807) is 17.4 Å². The van der Waals surface area contributed by atoms with Crippen molar-refractivity contribution in [2.45, 2.75) is 11.4 Å². The molecule has 0 aliphatic heterocycles. The van der Waals surface area contributed by atoms with Crippen LogP contribution >= 0.6 is 23.3 Å². The van der Waals surface area contributed by atoms with Gasteiger partial charge in [-0.3, -0.25) is 4.72 Å². The molecule has 0 amide bonds. The molecule has 22 heavy (non-hydrogen) atoms. The van der Waals surface area contributed by atoms with E-state index >= 15 is 0 Å². The molecule has 0 fully saturated rings. The number of carbonyl (C=O) groups is 1. The van der Waals surface area contributed by atoms with Crippen LogP contribution in [0.5, 0.6) is 0 Å². The van der Waals surface area contributed by atoms with Crippen LogP contribution in [-0.4, -0.2) is 18.1 Å². The molecule has 2 aromatic carbocycles. The van der Waals surface area contributed by atoms with Gasteiger partial charge < -0.3 is 4.74 Å². The minimum atomic E-state index is -0.325. The second-order valence-electron chi connectivity index (χ2n) is 4.52. The molecule has 0 saturated carbocycles. The van der Waals surface area contributed by atoms with E-state index in [1.807, 2.05) is 36.4 Å². The smallest absolute Gasteiger partial charge is 0.337 e. The monoisotopic (exact) mass is 330 g/mol. The number of thiazole rings is 1. The summed E-state index contributed by atoms with van der Waals surface area (Å²) in [5.74, 6) is -0.325. The first kappa shape index (κ1) is 15.0. The molecule has 0 bridgehead atoms. The Labute approximate surface area is 136 Å². The second-order valence-corrected chi connectivity index (χ2v) is 6.60. The number of nitrogens with zero attached hydrogens (tertiary/aromatic N) is 1. The summed E-state index contributed by atoms with van der Waals surface area (Å²) < 4.78 is 9.19. The molecule has 1 N–H and O–H groups in total. The van der Waals surface area contributed by atoms with E-state index in [0.717, 1.165) is 15.4 Å². The number of nitrogens with one attached hydrogen (secondary N) is 1. The van der Waals surface area contributed by atoms with Crippen molar-refractivity contribution in [3.05, 3.63) is 59.1 Å². The van der Waals surface area contributed by atoms with E-state index in [0.29, 0.717) is 12.1 Å². The number of carbonyl (C=O) groups excluding carboxylic acids is 1. The summed E-state index contributed by atoms with van der Waals surface area (Å²) in [5.41, 5.74) is 1.58. The van der Waals surface area contributed by atoms with Gasteiger partial charge in [0.2, 0.25) is 0 Å². The minimum Gasteiger partial charge on any atom is -0.465 e. The summed E-state index contributed by atoms with van der Waals surface area (Å²) in [5, 5.41) is 1.04. The summed E-state index contributed by atoms with van der Waals surface area (Å²) in [6.45, 7) is 0.673. The van der Waals surface area contributed by atoms with E-state index < -0.39 is 0 Å². The first-order valence-corrected chi connectivity index (χ1v) is 8.32. The third kappa shape index (κ3) is 3.47. The number of benzene rings is 2. The highest BCUT2D eigenvalue weighted by atomic mass is 32.2. The molecule has 6 heteroatoms. The van der Waals surface area contributed by atoms with E-state index in [4.69, 9.17) is 4.74 Å². The Morgan fingerprint density at radius 3 is 2.95 bits per heavy atom. The Balaban J connectivity index is 1.62. The molecule has 0 atom stereocenters. The Bertz CT molecular complexity index is 768. The number of para-hydroxylation sites is 1. The van der Waals surface area contributed by atoms with Gasteiger partial charge in [-0.25, -0.2) is 9.78 Å². The molecular weight excluding hydrogens is 316 g/mol. The minimum absolute atomic E-state index is 0.325. The molecule has 0 unspecified atom stereocenters. The van der Waals surface area contributed by atoms with Gasteiger partial charge in [-0.05, 0) is 42.3 Å². The van der Waals surface area contributed by atoms with Gasteiger partial charge in [-0.15, -0.1) is 11.3 Å². The maximum atomic E-state index is 11.5. The molecule has 1 aromatic heterocycles. The number of methoxy groups -OCH3 is 1. The zero-order chi connectivity index (χ0) is 15.4. The SMILES string of the molecule is COC(=O)c1cccc(SNCc2nc3ccccc3s2)c1. The Hall–Kier alpha value is -1.89. The highest BCUT2D eigenvalue weighted by Crippen LogP contribution is 2.23. The molecule has 4 nitrogen and oxygen atoms in total. The summed E-state index contributed by atoms with van der Waals surface area (Å²) in [6, 6.07) is 15.4. The number of aromatic nitrogens is 1. The van der Waals surface area contributed by atoms with Crippen molar-refractivity contribution >= 4 is 39.5 Å². The quantitative estimate of drug-likeness (QED) is 0.568. The molecule has 0 saturated heterocycles. The molecular formula is C16H14N2O2S2. The first-order valence-electron chi connectivity index (χ1n) is 6.69. The maximum absolute atomic E-state index is 11.5. The molecule has 112 valence electrons. The topological polar surface area (TPSA) is 51.2 Å². The van der Waals surface area contributed by atoms with Crippen molar-refractivity contribution in [3.8, 4) is 0 Å². The Kier molecular flexibility index (Phi) is 4.72. The zero-order valence-electron chi connectivity index (χ0n) is 11.9. The van der Waals surface area contributed by atoms with Crippen LogP contribution in [0, 0.1) is 0 Å². The fraction of sp³-hybridized carbons (Fsp3) is 0.125. The van der Waals surface area contributed by atoms with Crippen LogP contribution in [0.3, 0.4) is 0 Å². The van der Waals surface area contributed by atoms with Crippen LogP contribution in [-0.2, 0) is 11.3 Å². The lowest BCUT2D eigenvalue weighted by atomic mass is 10.2. The highest BCUT2D eigenvalue weighted by Gasteiger charge is 2.06. The third-order valence-electron chi connectivity index (χ3n) is 3.01. The summed E-state index contributed by atoms with van der Waals surface area (Å²) in [4.78, 5) is 17.0. The van der Waals surface area contributed by atoms with Crippen molar-refractivity contribution < 1.29 is 9.53 Å². The molecule has 0 spiro atoms. The Morgan fingerprint density at radius 1 is 1.27 bits per heavy atom. The summed E-state index contributed by atoms with van der Waals surface area (Å²) >= 11 is 3.16. The predicted molar refractivity (Wildman–Crippen MR) is 90.1 cm³/mol. The van der Waals surface area contributed by atoms with Gasteiger partial charge in [-0.2, -0.15) is 0 Å². The van der Waals surface area contributed by atoms with E-state index in [2.05, 4.69) is 15.8 Å². The van der Waals surface area contributed by atoms with Crippen molar-refractivity contribution in [1.29, 1.82) is 0 Å². The lowest BCUT2D eigenvalue weighted by Crippen LogP contribution is -2.04. The normalized spacial score (nSPS) is 10.8. The van der Waals surface area contributed by atoms with E-state index in [1.165, 1.54) is 23.8 Å². The molecule has 3 rings (SSSR count). The van der Waals surface area contributed by atoms with Gasteiger partial charge in [0.15, 0.2) is 0 Å². The third-order valence-corrected chi connectivity index (χ3v) is 4.82. The van der Waals surface area contributed by atoms with Crippen molar-refractivity contribution in [2.24, 2.45) is 0 Å². The van der Waals surface area contributed by atoms with Crippen molar-refractivity contribution in [2.75, 3.05) is 7.11 Å². The van der Waals surface area contributed by atoms with Gasteiger partial charge in [-0.1, -0.05) is 18.2 Å². The lowest BCUT2D eigenvalue weighted by Gasteiger charge is -2.04. The van der Waals surface area contributed by atoms with Gasteiger partial charge in [0.25, 0.3) is 0 Å². The fourth-order valence-electron chi connectivity index (χ4n) is 1.98. The largest absolute Gasteiger partial charge is 0.465 e. The highest BCUT2D eigenvalue weighted by molar-refractivity contribution is 7.97. The van der Waals surface area contributed by atoms with Gasteiger partial charge in [0.05, 0.1) is 29.4 Å². The van der Waals surface area contributed by atoms with Gasteiger partial charge in [0, 0.05) is 4.90 Å². The number of hydrogen-bond donors (Lipinski definition) is 1. The van der Waals surface area contributed by atoms with Crippen molar-refractivity contribution in [1.82, 2.24) is 9.71 Å². The average molecular weight is 330 g/mol. The Morgan fingerprint density at radius 2 is 2.14 bits per heavy atom. The zero-order valence-corrected chi connectivity index (χ0v) is 13.5. The van der Waals surface area contributed by atoms with Gasteiger partial charge in [0.1, 0.15) is 5.01 Å². The van der Waals surface area contributed by atoms with Crippen LogP contribution in [0.4, 0.5) is 0 Å². The fourth-order valence-corrected chi connectivity index (χ4v) is 3.69. The predicted octanol–water partition coefficient (Wildman–Crippen LogP) is 3.88. The van der Waals surface area contributed by atoms with Crippen LogP contribution < -0.4 is 4.72 Å². The number of fused-ring (bicyclic) bond motifs is 1. The number of esters is 1. The standard InChI is InChI=1S/C16H14N2O2S2/c1-20-16(19)11-5-4-6-12(9-11)22-17-10-15-18-13-7-2-3-8-14(13)21-15/h2-9,17H,10H2,1H3. The van der Waals surface area contributed by atoms with Crippen molar-refractivity contribution in [3.63, 3.8) is 0 Å². The number of ether oxygens (including phenoxy) is 1. The number of rotatable bonds is 5. The summed E-state index contributed by atoms with van der Waals surface area (Å²) in [6.07, 6.45) is 0. The van der Waals surface area contributed by atoms with E-state index in [9.17, 15) is 4.79 Å². The van der Waals surface area contributed by atoms with Crippen LogP contribution in [0.1, 0.15) is 15.4 Å². The van der Waals surface area contributed by atoms with Crippen LogP contribution in [0.15, 0.2) is 53.4 Å². The van der Waals surface area contributed by atoms with Gasteiger partial charge >= 0.3 is 5.97 Å². The van der Waals surface area contributed by atoms with Crippen LogP contribution in [0.25, 0.3) is 10.2 Å². The molecule has 0 aliphatic carbocycles. The maximum Gasteiger partial charge on any atom is 0.337 e. The number of hydrogen-bond acceptors (Lipinski definition) is 6. The summed E-state index contributed by atoms with van der Waals surface area (Å²) in [7, 11) is 1.38. The van der Waals surface area contributed by atoms with E-state index in [-0.39, 0.29) is 5.97 Å².